The van der Waals surface area contributed by atoms with Gasteiger partial charge < -0.3 is 10.1 Å². The Hall–Kier alpha value is -3.15. The lowest BCUT2D eigenvalue weighted by Crippen LogP contribution is -2.29. The van der Waals surface area contributed by atoms with Crippen molar-refractivity contribution in [2.24, 2.45) is 5.92 Å². The third kappa shape index (κ3) is 3.75. The van der Waals surface area contributed by atoms with Crippen molar-refractivity contribution in [3.63, 3.8) is 0 Å². The fraction of sp³-hybridized carbons (Fsp3) is 0.348. The van der Waals surface area contributed by atoms with Crippen LogP contribution in [0.1, 0.15) is 59.6 Å². The van der Waals surface area contributed by atoms with Crippen LogP contribution in [0.3, 0.4) is 0 Å². The summed E-state index contributed by atoms with van der Waals surface area (Å²) < 4.78 is 5.36. The number of nitrogens with zero attached hydrogens (tertiary/aromatic N) is 1. The minimum Gasteiger partial charge on any atom is -0.462 e. The Labute approximate surface area is 169 Å². The number of non-ortho nitro benzene ring substituents is 1. The number of benzene rings is 2. The SMILES string of the molecule is CCCCOC(=O)c1ccc2c(c1)[C@H]1C=CC[C@@H]1[C@@H](c1cccc([N+](=O)[O-])c1)N2. The molecule has 1 aliphatic heterocycles. The molecule has 6 nitrogen and oxygen atoms in total. The van der Waals surface area contributed by atoms with E-state index in [0.29, 0.717) is 12.2 Å². The topological polar surface area (TPSA) is 81.5 Å². The fourth-order valence-electron chi connectivity index (χ4n) is 4.28. The maximum atomic E-state index is 12.4. The number of fused-ring (bicyclic) bond motifs is 3. The van der Waals surface area contributed by atoms with Gasteiger partial charge in [0.2, 0.25) is 0 Å². The number of carbonyl (C=O) groups is 1. The smallest absolute Gasteiger partial charge is 0.338 e. The van der Waals surface area contributed by atoms with Gasteiger partial charge in [-0.3, -0.25) is 10.1 Å². The Morgan fingerprint density at radius 3 is 2.93 bits per heavy atom. The van der Waals surface area contributed by atoms with Crippen molar-refractivity contribution < 1.29 is 14.5 Å². The van der Waals surface area contributed by atoms with Gasteiger partial charge in [0.1, 0.15) is 0 Å². The molecule has 1 aliphatic carbocycles. The number of anilines is 1. The summed E-state index contributed by atoms with van der Waals surface area (Å²) in [4.78, 5) is 23.2. The van der Waals surface area contributed by atoms with E-state index in [1.54, 1.807) is 18.2 Å². The first-order chi connectivity index (χ1) is 14.1. The van der Waals surface area contributed by atoms with Gasteiger partial charge in [0.05, 0.1) is 23.1 Å². The number of esters is 1. The van der Waals surface area contributed by atoms with Crippen molar-refractivity contribution in [3.05, 3.63) is 81.4 Å². The zero-order chi connectivity index (χ0) is 20.4. The predicted molar refractivity (Wildman–Crippen MR) is 111 cm³/mol. The van der Waals surface area contributed by atoms with Crippen LogP contribution in [0, 0.1) is 16.0 Å². The van der Waals surface area contributed by atoms with Crippen LogP contribution in [0.4, 0.5) is 11.4 Å². The van der Waals surface area contributed by atoms with Crippen LogP contribution in [0.15, 0.2) is 54.6 Å². The number of nitro benzene ring substituents is 1. The first-order valence-electron chi connectivity index (χ1n) is 10.1. The Morgan fingerprint density at radius 1 is 1.28 bits per heavy atom. The van der Waals surface area contributed by atoms with Gasteiger partial charge in [-0.1, -0.05) is 37.6 Å². The lowest BCUT2D eigenvalue weighted by molar-refractivity contribution is -0.384. The van der Waals surface area contributed by atoms with Crippen LogP contribution in [-0.4, -0.2) is 17.5 Å². The summed E-state index contributed by atoms with van der Waals surface area (Å²) in [5.41, 5.74) is 3.61. The number of allylic oxidation sites excluding steroid dienone is 2. The molecule has 0 radical (unpaired) electrons. The number of hydrogen-bond donors (Lipinski definition) is 1. The van der Waals surface area contributed by atoms with Crippen molar-refractivity contribution in [3.8, 4) is 0 Å². The van der Waals surface area contributed by atoms with Gasteiger partial charge in [-0.25, -0.2) is 4.79 Å². The van der Waals surface area contributed by atoms with E-state index >= 15 is 0 Å². The van der Waals surface area contributed by atoms with Gasteiger partial charge in [-0.2, -0.15) is 0 Å². The highest BCUT2D eigenvalue weighted by atomic mass is 16.6. The largest absolute Gasteiger partial charge is 0.462 e. The molecule has 4 rings (SSSR count). The lowest BCUT2D eigenvalue weighted by Gasteiger charge is -2.37. The summed E-state index contributed by atoms with van der Waals surface area (Å²) in [5.74, 6) is 0.121. The lowest BCUT2D eigenvalue weighted by atomic mass is 9.76. The average Bonchev–Trinajstić information content (AvgIpc) is 3.23. The number of hydrogen-bond acceptors (Lipinski definition) is 5. The monoisotopic (exact) mass is 392 g/mol. The minimum atomic E-state index is -0.360. The number of ether oxygens (including phenoxy) is 1. The van der Waals surface area contributed by atoms with E-state index in [1.165, 1.54) is 6.07 Å². The Balaban J connectivity index is 1.63. The quantitative estimate of drug-likeness (QED) is 0.235. The summed E-state index contributed by atoms with van der Waals surface area (Å²) in [7, 11) is 0. The van der Waals surface area contributed by atoms with Crippen LogP contribution >= 0.6 is 0 Å². The number of unbranched alkanes of at least 4 members (excludes halogenated alkanes) is 1. The van der Waals surface area contributed by atoms with E-state index < -0.39 is 0 Å². The molecule has 2 aromatic rings. The fourth-order valence-corrected chi connectivity index (χ4v) is 4.28. The standard InChI is InChI=1S/C23H24N2O4/c1-2-3-12-29-23(26)16-10-11-21-20(14-16)18-8-5-9-19(18)22(24-21)15-6-4-7-17(13-15)25(27)28/h4-8,10-11,13-14,18-19,22,24H,2-3,9,12H2,1H3/t18-,19-,22+/m0/s1. The van der Waals surface area contributed by atoms with Gasteiger partial charge in [0.25, 0.3) is 5.69 Å². The van der Waals surface area contributed by atoms with Crippen LogP contribution < -0.4 is 5.32 Å². The Morgan fingerprint density at radius 2 is 2.14 bits per heavy atom. The summed E-state index contributed by atoms with van der Waals surface area (Å²) >= 11 is 0. The number of carbonyl (C=O) groups excluding carboxylic acids is 1. The molecule has 1 heterocycles. The van der Waals surface area contributed by atoms with E-state index in [2.05, 4.69) is 24.4 Å². The molecule has 6 heteroatoms. The van der Waals surface area contributed by atoms with Gasteiger partial charge in [0, 0.05) is 23.7 Å². The van der Waals surface area contributed by atoms with E-state index in [-0.39, 0.29) is 34.5 Å². The van der Waals surface area contributed by atoms with Gasteiger partial charge in [-0.05, 0) is 48.1 Å². The zero-order valence-corrected chi connectivity index (χ0v) is 16.3. The van der Waals surface area contributed by atoms with E-state index in [1.807, 2.05) is 18.2 Å². The third-order valence-corrected chi connectivity index (χ3v) is 5.77. The Kier molecular flexibility index (Phi) is 5.34. The molecular formula is C23H24N2O4. The minimum absolute atomic E-state index is 0.0234. The van der Waals surface area contributed by atoms with Crippen molar-refractivity contribution in [1.29, 1.82) is 0 Å². The molecular weight excluding hydrogens is 368 g/mol. The summed E-state index contributed by atoms with van der Waals surface area (Å²) in [6.07, 6.45) is 7.06. The summed E-state index contributed by atoms with van der Waals surface area (Å²) in [6, 6.07) is 12.4. The normalized spacial score (nSPS) is 21.8. The van der Waals surface area contributed by atoms with E-state index in [4.69, 9.17) is 4.74 Å². The van der Waals surface area contributed by atoms with Crippen LogP contribution in [-0.2, 0) is 4.74 Å². The van der Waals surface area contributed by atoms with Crippen LogP contribution in [0.2, 0.25) is 0 Å². The molecule has 0 saturated heterocycles. The molecule has 150 valence electrons. The molecule has 0 saturated carbocycles. The maximum Gasteiger partial charge on any atom is 0.338 e. The van der Waals surface area contributed by atoms with Gasteiger partial charge >= 0.3 is 5.97 Å². The molecule has 0 fully saturated rings. The number of nitro groups is 1. The van der Waals surface area contributed by atoms with Gasteiger partial charge in [-0.15, -0.1) is 0 Å². The number of rotatable bonds is 6. The molecule has 2 aliphatic rings. The molecule has 3 atom stereocenters. The highest BCUT2D eigenvalue weighted by Crippen LogP contribution is 2.50. The highest BCUT2D eigenvalue weighted by molar-refractivity contribution is 5.90. The third-order valence-electron chi connectivity index (χ3n) is 5.77. The van der Waals surface area contributed by atoms with E-state index in [0.717, 1.165) is 36.1 Å². The maximum absolute atomic E-state index is 12.4. The average molecular weight is 392 g/mol. The van der Waals surface area contributed by atoms with Crippen LogP contribution in [0.5, 0.6) is 0 Å². The number of nitrogens with one attached hydrogen (secondary N) is 1. The van der Waals surface area contributed by atoms with Crippen molar-refractivity contribution >= 4 is 17.3 Å². The Bertz CT molecular complexity index is 969. The van der Waals surface area contributed by atoms with Gasteiger partial charge in [0.15, 0.2) is 0 Å². The highest BCUT2D eigenvalue weighted by Gasteiger charge is 2.38. The predicted octanol–water partition coefficient (Wildman–Crippen LogP) is 5.38. The second-order valence-electron chi connectivity index (χ2n) is 7.62. The van der Waals surface area contributed by atoms with Crippen LogP contribution in [0.25, 0.3) is 0 Å². The molecule has 0 amide bonds. The molecule has 0 aromatic heterocycles. The van der Waals surface area contributed by atoms with Crippen molar-refractivity contribution in [2.75, 3.05) is 11.9 Å². The van der Waals surface area contributed by atoms with E-state index in [9.17, 15) is 14.9 Å². The first-order valence-corrected chi connectivity index (χ1v) is 10.1. The second kappa shape index (κ2) is 8.07. The zero-order valence-electron chi connectivity index (χ0n) is 16.3. The molecule has 2 aromatic carbocycles. The van der Waals surface area contributed by atoms with Crippen molar-refractivity contribution in [2.45, 2.75) is 38.1 Å². The summed E-state index contributed by atoms with van der Waals surface area (Å²) in [5, 5.41) is 14.7. The summed E-state index contributed by atoms with van der Waals surface area (Å²) in [6.45, 7) is 2.49. The second-order valence-corrected chi connectivity index (χ2v) is 7.62. The molecule has 0 spiro atoms. The first kappa shape index (κ1) is 19.2. The molecule has 29 heavy (non-hydrogen) atoms. The molecule has 0 unspecified atom stereocenters. The van der Waals surface area contributed by atoms with Crippen molar-refractivity contribution in [1.82, 2.24) is 0 Å². The molecule has 0 bridgehead atoms. The molecule has 1 N–H and O–H groups in total.